The number of allylic oxidation sites excluding steroid dienone is 1. The van der Waals surface area contributed by atoms with Crippen molar-refractivity contribution >= 4 is 0 Å². The van der Waals surface area contributed by atoms with Gasteiger partial charge in [0.2, 0.25) is 0 Å². The summed E-state index contributed by atoms with van der Waals surface area (Å²) in [4.78, 5) is 0. The molecule has 3 saturated carbocycles. The van der Waals surface area contributed by atoms with Gasteiger partial charge in [-0.3, -0.25) is 26.6 Å². The number of hydrogen-bond donors (Lipinski definition) is 5. The molecule has 7 nitrogen and oxygen atoms in total. The first kappa shape index (κ1) is 26.8. The van der Waals surface area contributed by atoms with Crippen molar-refractivity contribution < 1.29 is 9.47 Å². The fourth-order valence-electron chi connectivity index (χ4n) is 9.64. The lowest BCUT2D eigenvalue weighted by atomic mass is 9.84. The Balaban J connectivity index is 0.955. The van der Waals surface area contributed by atoms with Crippen LogP contribution >= 0.6 is 0 Å². The Bertz CT molecular complexity index is 936. The molecular formula is C33H53N5O2. The smallest absolute Gasteiger partial charge is 0.131 e. The Labute approximate surface area is 241 Å². The van der Waals surface area contributed by atoms with E-state index in [4.69, 9.17) is 9.47 Å². The maximum absolute atomic E-state index is 6.58. The predicted octanol–water partition coefficient (Wildman–Crippen LogP) is 4.51. The minimum Gasteiger partial charge on any atom is -0.358 e. The molecule has 0 aromatic rings. The van der Waals surface area contributed by atoms with Gasteiger partial charge >= 0.3 is 0 Å². The van der Waals surface area contributed by atoms with Gasteiger partial charge < -0.3 is 9.47 Å². The second-order valence-corrected chi connectivity index (χ2v) is 14.5. The molecule has 6 fully saturated rings. The van der Waals surface area contributed by atoms with Crippen molar-refractivity contribution in [3.05, 3.63) is 23.3 Å². The van der Waals surface area contributed by atoms with Gasteiger partial charge in [-0.25, -0.2) is 0 Å². The standard InChI is InChI=1S/C33H53N5O2/c1-2-9-20(8-1)29-36-30(21-10-7-11-23(18-21)32-34-25-12-3-5-14-27(25)39-32)38-31(37-29)22-16-17-24(19-22)33-35-26-13-4-6-15-28(26)40-33/h11,19-21,24-38H,1-10,12-18H2. The van der Waals surface area contributed by atoms with Crippen LogP contribution in [0, 0.1) is 17.8 Å². The second kappa shape index (κ2) is 11.7. The summed E-state index contributed by atoms with van der Waals surface area (Å²) < 4.78 is 13.1. The molecule has 40 heavy (non-hydrogen) atoms. The molecule has 7 heteroatoms. The average Bonchev–Trinajstić information content (AvgIpc) is 3.82. The average molecular weight is 552 g/mol. The van der Waals surface area contributed by atoms with E-state index >= 15 is 0 Å². The zero-order chi connectivity index (χ0) is 26.5. The van der Waals surface area contributed by atoms with Crippen molar-refractivity contribution in [3.63, 3.8) is 0 Å². The highest BCUT2D eigenvalue weighted by Gasteiger charge is 2.44. The topological polar surface area (TPSA) is 78.6 Å². The van der Waals surface area contributed by atoms with Crippen LogP contribution in [0.15, 0.2) is 23.3 Å². The maximum atomic E-state index is 6.58. The molecule has 222 valence electrons. The highest BCUT2D eigenvalue weighted by molar-refractivity contribution is 5.21. The summed E-state index contributed by atoms with van der Waals surface area (Å²) in [6.45, 7) is 0. The van der Waals surface area contributed by atoms with E-state index in [9.17, 15) is 0 Å². The van der Waals surface area contributed by atoms with E-state index in [-0.39, 0.29) is 18.6 Å². The molecule has 0 bridgehead atoms. The van der Waals surface area contributed by atoms with Gasteiger partial charge in [0.15, 0.2) is 0 Å². The molecule has 8 rings (SSSR count). The van der Waals surface area contributed by atoms with Gasteiger partial charge in [-0.1, -0.05) is 50.7 Å². The van der Waals surface area contributed by atoms with Crippen molar-refractivity contribution in [3.8, 4) is 0 Å². The Kier molecular flexibility index (Phi) is 7.84. The first-order valence-corrected chi connectivity index (χ1v) is 17.3. The largest absolute Gasteiger partial charge is 0.358 e. The number of ether oxygens (including phenoxy) is 2. The molecular weight excluding hydrogens is 498 g/mol. The summed E-state index contributed by atoms with van der Waals surface area (Å²) in [6.07, 6.45) is 29.1. The fraction of sp³-hybridized carbons (Fsp3) is 0.879. The van der Waals surface area contributed by atoms with Crippen LogP contribution in [0.3, 0.4) is 0 Å². The predicted molar refractivity (Wildman–Crippen MR) is 157 cm³/mol. The molecule has 0 radical (unpaired) electrons. The summed E-state index contributed by atoms with van der Waals surface area (Å²) in [7, 11) is 0. The Hall–Kier alpha value is -0.800. The first-order chi connectivity index (χ1) is 19.8. The molecule has 0 spiro atoms. The third-order valence-electron chi connectivity index (χ3n) is 11.9. The van der Waals surface area contributed by atoms with E-state index in [1.54, 1.807) is 5.57 Å². The van der Waals surface area contributed by atoms with E-state index in [2.05, 4.69) is 38.7 Å². The molecule has 5 aliphatic carbocycles. The molecule has 0 aromatic heterocycles. The number of fused-ring (bicyclic) bond motifs is 2. The lowest BCUT2D eigenvalue weighted by molar-refractivity contribution is 0.00471. The fourth-order valence-corrected chi connectivity index (χ4v) is 9.64. The highest BCUT2D eigenvalue weighted by atomic mass is 16.5. The molecule has 5 N–H and O–H groups in total. The normalized spacial score (nSPS) is 48.0. The van der Waals surface area contributed by atoms with Gasteiger partial charge in [0.05, 0.1) is 30.7 Å². The Morgan fingerprint density at radius 3 is 2.08 bits per heavy atom. The van der Waals surface area contributed by atoms with Crippen molar-refractivity contribution in [2.24, 2.45) is 17.8 Å². The SMILES string of the molecule is C1=C(C2NC(C3CCCC3)NC(C3CCC=C(C4NC5CCCCC5O4)C3)N2)CCC1C1NC2CCCCC2O1. The van der Waals surface area contributed by atoms with E-state index in [1.165, 1.54) is 108 Å². The van der Waals surface area contributed by atoms with E-state index < -0.39 is 0 Å². The Morgan fingerprint density at radius 1 is 0.600 bits per heavy atom. The van der Waals surface area contributed by atoms with Gasteiger partial charge in [-0.05, 0) is 93.6 Å². The monoisotopic (exact) mass is 551 g/mol. The Morgan fingerprint density at radius 2 is 1.30 bits per heavy atom. The van der Waals surface area contributed by atoms with E-state index in [0.29, 0.717) is 48.5 Å². The lowest BCUT2D eigenvalue weighted by Gasteiger charge is -2.45. The summed E-state index contributed by atoms with van der Waals surface area (Å²) in [6, 6.07) is 1.15. The molecule has 11 atom stereocenters. The quantitative estimate of drug-likeness (QED) is 0.322. The number of hydrogen-bond acceptors (Lipinski definition) is 7. The van der Waals surface area contributed by atoms with Crippen molar-refractivity contribution in [2.75, 3.05) is 0 Å². The molecule has 3 saturated heterocycles. The maximum Gasteiger partial charge on any atom is 0.131 e. The van der Waals surface area contributed by atoms with Gasteiger partial charge in [0, 0.05) is 18.0 Å². The van der Waals surface area contributed by atoms with Gasteiger partial charge in [-0.2, -0.15) is 0 Å². The summed E-state index contributed by atoms with van der Waals surface area (Å²) in [5.74, 6) is 1.84. The third-order valence-corrected chi connectivity index (χ3v) is 11.9. The molecule has 8 aliphatic rings. The summed E-state index contributed by atoms with van der Waals surface area (Å²) in [5, 5.41) is 20.0. The van der Waals surface area contributed by atoms with Crippen LogP contribution in [-0.2, 0) is 9.47 Å². The zero-order valence-electron chi connectivity index (χ0n) is 24.4. The summed E-state index contributed by atoms with van der Waals surface area (Å²) in [5.41, 5.74) is 3.07. The van der Waals surface area contributed by atoms with Crippen LogP contribution in [0.4, 0.5) is 0 Å². The van der Waals surface area contributed by atoms with Crippen LogP contribution < -0.4 is 26.6 Å². The van der Waals surface area contributed by atoms with E-state index in [0.717, 1.165) is 12.3 Å². The van der Waals surface area contributed by atoms with Gasteiger partial charge in [0.25, 0.3) is 0 Å². The van der Waals surface area contributed by atoms with Crippen LogP contribution in [0.2, 0.25) is 0 Å². The minimum atomic E-state index is 0.139. The van der Waals surface area contributed by atoms with Crippen LogP contribution in [-0.4, -0.2) is 55.2 Å². The minimum absolute atomic E-state index is 0.139. The second-order valence-electron chi connectivity index (χ2n) is 14.5. The molecule has 3 aliphatic heterocycles. The summed E-state index contributed by atoms with van der Waals surface area (Å²) >= 11 is 0. The molecule has 11 unspecified atom stereocenters. The van der Waals surface area contributed by atoms with Crippen molar-refractivity contribution in [1.82, 2.24) is 26.6 Å². The van der Waals surface area contributed by atoms with Crippen molar-refractivity contribution in [2.45, 2.75) is 164 Å². The number of nitrogens with one attached hydrogen (secondary N) is 5. The third kappa shape index (κ3) is 5.38. The van der Waals surface area contributed by atoms with Gasteiger partial charge in [-0.15, -0.1) is 0 Å². The molecule has 3 heterocycles. The zero-order valence-corrected chi connectivity index (χ0v) is 24.4. The van der Waals surface area contributed by atoms with Crippen LogP contribution in [0.1, 0.15) is 109 Å². The first-order valence-electron chi connectivity index (χ1n) is 17.3. The highest BCUT2D eigenvalue weighted by Crippen LogP contribution is 2.39. The van der Waals surface area contributed by atoms with Crippen LogP contribution in [0.25, 0.3) is 0 Å². The van der Waals surface area contributed by atoms with Crippen LogP contribution in [0.5, 0.6) is 0 Å². The van der Waals surface area contributed by atoms with Gasteiger partial charge in [0.1, 0.15) is 12.5 Å². The van der Waals surface area contributed by atoms with E-state index in [1.807, 2.05) is 0 Å². The van der Waals surface area contributed by atoms with Crippen molar-refractivity contribution in [1.29, 1.82) is 0 Å². The molecule has 0 aromatic carbocycles. The lowest BCUT2D eigenvalue weighted by Crippen LogP contribution is -2.71. The number of rotatable bonds is 5. The molecule has 0 amide bonds.